The topological polar surface area (TPSA) is 6.48 Å². The molecule has 2 nitrogen and oxygen atoms in total. The molecule has 13 aromatic carbocycles. The van der Waals surface area contributed by atoms with Crippen LogP contribution in [0.5, 0.6) is 0 Å². The van der Waals surface area contributed by atoms with Crippen LogP contribution >= 0.6 is 0 Å². The lowest BCUT2D eigenvalue weighted by Crippen LogP contribution is -2.20. The second kappa shape index (κ2) is 20.7. The van der Waals surface area contributed by atoms with Gasteiger partial charge in [0.25, 0.3) is 0 Å². The van der Waals surface area contributed by atoms with Crippen molar-refractivity contribution in [2.75, 3.05) is 9.80 Å². The van der Waals surface area contributed by atoms with E-state index in [0.29, 0.717) is 0 Å². The molecule has 0 spiro atoms. The molecule has 2 heteroatoms. The van der Waals surface area contributed by atoms with Crippen LogP contribution in [-0.4, -0.2) is 0 Å². The third-order valence-corrected chi connectivity index (χ3v) is 16.4. The molecule has 13 aromatic rings. The predicted octanol–water partition coefficient (Wildman–Crippen LogP) is 21.9. The molecule has 14 rings (SSSR count). The Morgan fingerprint density at radius 3 is 1.15 bits per heavy atom. The molecule has 0 amide bonds. The average Bonchev–Trinajstić information content (AvgIpc) is 3.72. The van der Waals surface area contributed by atoms with Crippen molar-refractivity contribution in [3.05, 3.63) is 314 Å². The van der Waals surface area contributed by atoms with E-state index < -0.39 is 0 Å². The van der Waals surface area contributed by atoms with E-state index in [1.165, 1.54) is 105 Å². The van der Waals surface area contributed by atoms with E-state index in [4.69, 9.17) is 0 Å². The molecular formula is C78H58N2. The van der Waals surface area contributed by atoms with Crippen LogP contribution < -0.4 is 9.80 Å². The molecule has 80 heavy (non-hydrogen) atoms. The fourth-order valence-corrected chi connectivity index (χ4v) is 12.5. The monoisotopic (exact) mass is 1020 g/mol. The van der Waals surface area contributed by atoms with E-state index in [0.717, 1.165) is 52.4 Å². The summed E-state index contributed by atoms with van der Waals surface area (Å²) in [7, 11) is 0. The van der Waals surface area contributed by atoms with Crippen molar-refractivity contribution < 1.29 is 0 Å². The Bertz CT molecular complexity index is 4450. The Morgan fingerprint density at radius 2 is 0.662 bits per heavy atom. The Balaban J connectivity index is 1.14. The standard InChI is InChI=1S/C78H58N2/c1-53-41-43-61(55-25-9-3-10-26-55)49-73(53)79(71-39-23-21-37-63(71)57-29-13-5-14-30-57)75-51-69(59-33-17-7-18-34-59)65-46-48-68-76(52-70(60-35-19-8-20-36-60)66-45-47-67(75)77(65)78(66)68)80(72-40-24-22-38-64(72)58-31-15-6-16-32-58)74-50-62(44-42-54(74)2)56-27-11-4-12-28-56/h3-21,23-37,39-52H,22,38H2,1-2H3. The number of hydrogen-bond donors (Lipinski definition) is 0. The van der Waals surface area contributed by atoms with Gasteiger partial charge in [0.15, 0.2) is 0 Å². The molecule has 0 fully saturated rings. The van der Waals surface area contributed by atoms with E-state index in [-0.39, 0.29) is 0 Å². The van der Waals surface area contributed by atoms with Crippen LogP contribution in [-0.2, 0) is 0 Å². The Hall–Kier alpha value is -10.0. The third-order valence-electron chi connectivity index (χ3n) is 16.4. The van der Waals surface area contributed by atoms with Crippen LogP contribution in [0.25, 0.3) is 93.5 Å². The zero-order valence-electron chi connectivity index (χ0n) is 45.0. The normalized spacial score (nSPS) is 12.4. The quantitative estimate of drug-likeness (QED) is 0.113. The molecule has 1 aliphatic rings. The number of nitrogens with zero attached hydrogens (tertiary/aromatic N) is 2. The highest BCUT2D eigenvalue weighted by molar-refractivity contribution is 6.32. The van der Waals surface area contributed by atoms with Crippen molar-refractivity contribution in [3.8, 4) is 55.6 Å². The lowest BCUT2D eigenvalue weighted by Gasteiger charge is -2.34. The van der Waals surface area contributed by atoms with Crippen LogP contribution in [0.4, 0.5) is 28.4 Å². The highest BCUT2D eigenvalue weighted by atomic mass is 15.2. The van der Waals surface area contributed by atoms with Gasteiger partial charge in [0.1, 0.15) is 0 Å². The van der Waals surface area contributed by atoms with Crippen molar-refractivity contribution >= 4 is 66.3 Å². The summed E-state index contributed by atoms with van der Waals surface area (Å²) in [5, 5.41) is 7.28. The molecule has 0 bridgehead atoms. The molecule has 0 saturated heterocycles. The van der Waals surface area contributed by atoms with Crippen LogP contribution in [0.2, 0.25) is 0 Å². The van der Waals surface area contributed by atoms with E-state index >= 15 is 0 Å². The van der Waals surface area contributed by atoms with Gasteiger partial charge in [-0.25, -0.2) is 0 Å². The number of para-hydroxylation sites is 1. The number of anilines is 5. The summed E-state index contributed by atoms with van der Waals surface area (Å²) >= 11 is 0. The van der Waals surface area contributed by atoms with Crippen molar-refractivity contribution in [2.24, 2.45) is 0 Å². The van der Waals surface area contributed by atoms with Crippen LogP contribution in [0, 0.1) is 13.8 Å². The lowest BCUT2D eigenvalue weighted by atomic mass is 9.84. The van der Waals surface area contributed by atoms with E-state index in [9.17, 15) is 0 Å². The summed E-state index contributed by atoms with van der Waals surface area (Å²) in [6.45, 7) is 4.53. The van der Waals surface area contributed by atoms with Gasteiger partial charge >= 0.3 is 0 Å². The highest BCUT2D eigenvalue weighted by Gasteiger charge is 2.29. The van der Waals surface area contributed by atoms with Gasteiger partial charge in [-0.1, -0.05) is 255 Å². The molecule has 0 radical (unpaired) electrons. The summed E-state index contributed by atoms with van der Waals surface area (Å²) in [6, 6.07) is 103. The van der Waals surface area contributed by atoms with Gasteiger partial charge in [-0.05, 0) is 146 Å². The number of rotatable bonds is 12. The Labute approximate surface area is 469 Å². The summed E-state index contributed by atoms with van der Waals surface area (Å²) < 4.78 is 0. The molecule has 0 atom stereocenters. The molecule has 0 heterocycles. The van der Waals surface area contributed by atoms with Crippen LogP contribution in [0.15, 0.2) is 297 Å². The van der Waals surface area contributed by atoms with E-state index in [1.54, 1.807) is 0 Å². The second-order valence-electron chi connectivity index (χ2n) is 21.1. The Kier molecular flexibility index (Phi) is 12.5. The first-order valence-corrected chi connectivity index (χ1v) is 28.0. The molecular weight excluding hydrogens is 965 g/mol. The van der Waals surface area contributed by atoms with Gasteiger partial charge < -0.3 is 9.80 Å². The van der Waals surface area contributed by atoms with Gasteiger partial charge in [-0.15, -0.1) is 0 Å². The number of aryl methyl sites for hydroxylation is 2. The van der Waals surface area contributed by atoms with E-state index in [2.05, 4.69) is 315 Å². The minimum atomic E-state index is 0.927. The smallest absolute Gasteiger partial charge is 0.0547 e. The number of allylic oxidation sites excluding steroid dienone is 3. The third kappa shape index (κ3) is 8.63. The largest absolute Gasteiger partial charge is 0.309 e. The van der Waals surface area contributed by atoms with Gasteiger partial charge in [0.05, 0.1) is 17.1 Å². The molecule has 0 unspecified atom stereocenters. The summed E-state index contributed by atoms with van der Waals surface area (Å²) in [4.78, 5) is 5.17. The van der Waals surface area contributed by atoms with Crippen molar-refractivity contribution in [2.45, 2.75) is 26.7 Å². The maximum atomic E-state index is 2.61. The predicted molar refractivity (Wildman–Crippen MR) is 342 cm³/mol. The van der Waals surface area contributed by atoms with Crippen LogP contribution in [0.3, 0.4) is 0 Å². The van der Waals surface area contributed by atoms with Gasteiger partial charge in [-0.2, -0.15) is 0 Å². The minimum absolute atomic E-state index is 0.927. The van der Waals surface area contributed by atoms with Crippen LogP contribution in [0.1, 0.15) is 29.5 Å². The highest BCUT2D eigenvalue weighted by Crippen LogP contribution is 2.54. The first-order chi connectivity index (χ1) is 39.6. The number of hydrogen-bond acceptors (Lipinski definition) is 2. The molecule has 380 valence electrons. The zero-order chi connectivity index (χ0) is 53.5. The van der Waals surface area contributed by atoms with Gasteiger partial charge in [0, 0.05) is 44.2 Å². The number of benzene rings is 13. The summed E-state index contributed by atoms with van der Waals surface area (Å²) in [5.74, 6) is 0. The fraction of sp³-hybridized carbons (Fsp3) is 0.0513. The zero-order valence-corrected chi connectivity index (χ0v) is 45.0. The molecule has 0 saturated carbocycles. The minimum Gasteiger partial charge on any atom is -0.309 e. The van der Waals surface area contributed by atoms with Gasteiger partial charge in [-0.3, -0.25) is 0 Å². The van der Waals surface area contributed by atoms with Gasteiger partial charge in [0.2, 0.25) is 0 Å². The maximum absolute atomic E-state index is 2.61. The van der Waals surface area contributed by atoms with Crippen molar-refractivity contribution in [1.82, 2.24) is 0 Å². The fourth-order valence-electron chi connectivity index (χ4n) is 12.5. The van der Waals surface area contributed by atoms with Crippen molar-refractivity contribution in [1.29, 1.82) is 0 Å². The SMILES string of the molecule is Cc1ccc(-c2ccccc2)cc1N(C1=C(c2ccccc2)CCC=C1)c1cc(-c2ccccc2)c2ccc3c(N(c4cc(-c5ccccc5)ccc4C)c4ccccc4-c4ccccc4)cc(-c4ccccc4)c4ccc1c2c43. The van der Waals surface area contributed by atoms with Crippen molar-refractivity contribution in [3.63, 3.8) is 0 Å². The summed E-state index contributed by atoms with van der Waals surface area (Å²) in [5.41, 5.74) is 23.5. The molecule has 1 aliphatic carbocycles. The molecule has 0 aromatic heterocycles. The first kappa shape index (κ1) is 48.4. The second-order valence-corrected chi connectivity index (χ2v) is 21.1. The van der Waals surface area contributed by atoms with E-state index in [1.807, 2.05) is 0 Å². The lowest BCUT2D eigenvalue weighted by molar-refractivity contribution is 1.02. The summed E-state index contributed by atoms with van der Waals surface area (Å²) in [6.07, 6.45) is 6.66. The molecule has 0 N–H and O–H groups in total. The average molecular weight is 1020 g/mol. The maximum Gasteiger partial charge on any atom is 0.0547 e. The Morgan fingerprint density at radius 1 is 0.275 bits per heavy atom. The molecule has 0 aliphatic heterocycles. The first-order valence-electron chi connectivity index (χ1n) is 28.0.